The van der Waals surface area contributed by atoms with Crippen LogP contribution >= 0.6 is 0 Å². The molecular formula is C10H14N4. The van der Waals surface area contributed by atoms with Gasteiger partial charge in [0.05, 0.1) is 0 Å². The SMILES string of the molecule is CC.c1ccnnc1.c1cnccn1. The predicted octanol–water partition coefficient (Wildman–Crippen LogP) is 1.98. The molecule has 0 aliphatic carbocycles. The maximum absolute atomic E-state index is 3.72. The molecule has 0 unspecified atom stereocenters. The number of aromatic nitrogens is 4. The first-order valence-electron chi connectivity index (χ1n) is 4.42. The summed E-state index contributed by atoms with van der Waals surface area (Å²) in [4.78, 5) is 7.44. The van der Waals surface area contributed by atoms with Crippen molar-refractivity contribution in [3.05, 3.63) is 49.3 Å². The molecule has 0 N–H and O–H groups in total. The second-order valence-corrected chi connectivity index (χ2v) is 1.81. The Morgan fingerprint density at radius 3 is 1.07 bits per heavy atom. The monoisotopic (exact) mass is 190 g/mol. The van der Waals surface area contributed by atoms with E-state index in [4.69, 9.17) is 0 Å². The molecule has 4 nitrogen and oxygen atoms in total. The summed E-state index contributed by atoms with van der Waals surface area (Å²) < 4.78 is 0. The van der Waals surface area contributed by atoms with E-state index >= 15 is 0 Å². The average Bonchev–Trinajstić information content (AvgIpc) is 2.37. The van der Waals surface area contributed by atoms with E-state index in [1.54, 1.807) is 37.2 Å². The molecule has 0 spiro atoms. The average molecular weight is 190 g/mol. The van der Waals surface area contributed by atoms with Gasteiger partial charge in [-0.1, -0.05) is 13.8 Å². The zero-order chi connectivity index (χ0) is 10.5. The zero-order valence-corrected chi connectivity index (χ0v) is 8.41. The fourth-order valence-corrected chi connectivity index (χ4v) is 0.507. The van der Waals surface area contributed by atoms with E-state index in [9.17, 15) is 0 Å². The first-order valence-corrected chi connectivity index (χ1v) is 4.42. The van der Waals surface area contributed by atoms with Gasteiger partial charge in [0.2, 0.25) is 0 Å². The van der Waals surface area contributed by atoms with E-state index in [-0.39, 0.29) is 0 Å². The lowest BCUT2D eigenvalue weighted by atomic mass is 10.6. The van der Waals surface area contributed by atoms with Crippen molar-refractivity contribution in [1.29, 1.82) is 0 Å². The van der Waals surface area contributed by atoms with E-state index < -0.39 is 0 Å². The Bertz CT molecular complexity index is 188. The summed E-state index contributed by atoms with van der Waals surface area (Å²) >= 11 is 0. The molecular weight excluding hydrogens is 176 g/mol. The van der Waals surface area contributed by atoms with Gasteiger partial charge in [0.15, 0.2) is 0 Å². The fraction of sp³-hybridized carbons (Fsp3) is 0.200. The van der Waals surface area contributed by atoms with Crippen LogP contribution in [0.2, 0.25) is 0 Å². The lowest BCUT2D eigenvalue weighted by Crippen LogP contribution is -1.69. The Hall–Kier alpha value is -1.84. The van der Waals surface area contributed by atoms with Crippen LogP contribution in [-0.4, -0.2) is 20.2 Å². The number of rotatable bonds is 0. The maximum atomic E-state index is 3.72. The van der Waals surface area contributed by atoms with Crippen molar-refractivity contribution in [1.82, 2.24) is 20.2 Å². The highest BCUT2D eigenvalue weighted by Gasteiger charge is 1.60. The minimum Gasteiger partial charge on any atom is -0.262 e. The lowest BCUT2D eigenvalue weighted by molar-refractivity contribution is 1.03. The molecule has 0 aliphatic rings. The quantitative estimate of drug-likeness (QED) is 0.637. The van der Waals surface area contributed by atoms with Crippen LogP contribution in [-0.2, 0) is 0 Å². The fourth-order valence-electron chi connectivity index (χ4n) is 0.507. The van der Waals surface area contributed by atoms with E-state index in [0.717, 1.165) is 0 Å². The van der Waals surface area contributed by atoms with Gasteiger partial charge in [-0.2, -0.15) is 10.2 Å². The molecule has 0 saturated carbocycles. The van der Waals surface area contributed by atoms with Gasteiger partial charge in [-0.15, -0.1) is 0 Å². The molecule has 0 aliphatic heterocycles. The molecule has 4 heteroatoms. The van der Waals surface area contributed by atoms with Gasteiger partial charge in [-0.3, -0.25) is 9.97 Å². The third-order valence-corrected chi connectivity index (χ3v) is 0.961. The molecule has 0 radical (unpaired) electrons. The Balaban J connectivity index is 0.000000206. The van der Waals surface area contributed by atoms with Crippen molar-refractivity contribution in [2.75, 3.05) is 0 Å². The standard InChI is InChI=1S/2C4H4N2.C2H6/c1-2-6-4-3-5-1;1-2-4-6-5-3-1;1-2/h2*1-4H;1-2H3. The molecule has 0 aromatic carbocycles. The molecule has 0 atom stereocenters. The van der Waals surface area contributed by atoms with Crippen molar-refractivity contribution < 1.29 is 0 Å². The van der Waals surface area contributed by atoms with Crippen LogP contribution in [0.15, 0.2) is 49.3 Å². The van der Waals surface area contributed by atoms with Crippen LogP contribution in [0.4, 0.5) is 0 Å². The summed E-state index contributed by atoms with van der Waals surface area (Å²) in [5, 5.41) is 7.07. The van der Waals surface area contributed by atoms with Crippen LogP contribution in [0.3, 0.4) is 0 Å². The normalized spacial score (nSPS) is 7.29. The van der Waals surface area contributed by atoms with Crippen LogP contribution in [0, 0.1) is 0 Å². The second kappa shape index (κ2) is 11.2. The van der Waals surface area contributed by atoms with Gasteiger partial charge in [0, 0.05) is 37.2 Å². The summed E-state index contributed by atoms with van der Waals surface area (Å²) in [7, 11) is 0. The Labute approximate surface area is 84.1 Å². The highest BCUT2D eigenvalue weighted by molar-refractivity contribution is 4.79. The summed E-state index contributed by atoms with van der Waals surface area (Å²) in [5.41, 5.74) is 0. The Kier molecular flexibility index (Phi) is 9.69. The van der Waals surface area contributed by atoms with Crippen LogP contribution in [0.1, 0.15) is 13.8 Å². The summed E-state index contributed by atoms with van der Waals surface area (Å²) in [6, 6.07) is 3.65. The topological polar surface area (TPSA) is 51.6 Å². The zero-order valence-electron chi connectivity index (χ0n) is 8.41. The van der Waals surface area contributed by atoms with E-state index in [0.29, 0.717) is 0 Å². The Morgan fingerprint density at radius 2 is 0.929 bits per heavy atom. The molecule has 2 aromatic rings. The maximum Gasteiger partial charge on any atom is 0.0496 e. The van der Waals surface area contributed by atoms with Crippen LogP contribution in [0.25, 0.3) is 0 Å². The summed E-state index contributed by atoms with van der Waals surface area (Å²) in [6.45, 7) is 4.00. The molecule has 2 heterocycles. The smallest absolute Gasteiger partial charge is 0.0496 e. The van der Waals surface area contributed by atoms with Crippen molar-refractivity contribution in [2.24, 2.45) is 0 Å². The van der Waals surface area contributed by atoms with Gasteiger partial charge in [0.25, 0.3) is 0 Å². The number of hydrogen-bond donors (Lipinski definition) is 0. The molecule has 0 bridgehead atoms. The van der Waals surface area contributed by atoms with Crippen molar-refractivity contribution >= 4 is 0 Å². The highest BCUT2D eigenvalue weighted by Crippen LogP contribution is 1.68. The first kappa shape index (κ1) is 12.2. The van der Waals surface area contributed by atoms with Crippen molar-refractivity contribution in [2.45, 2.75) is 13.8 Å². The summed E-state index contributed by atoms with van der Waals surface area (Å²) in [6.07, 6.45) is 9.83. The largest absolute Gasteiger partial charge is 0.262 e. The molecule has 2 aromatic heterocycles. The van der Waals surface area contributed by atoms with Gasteiger partial charge in [0.1, 0.15) is 0 Å². The molecule has 0 amide bonds. The summed E-state index contributed by atoms with van der Waals surface area (Å²) in [5.74, 6) is 0. The molecule has 0 saturated heterocycles. The van der Waals surface area contributed by atoms with E-state index in [1.807, 2.05) is 26.0 Å². The predicted molar refractivity (Wildman–Crippen MR) is 55.4 cm³/mol. The molecule has 14 heavy (non-hydrogen) atoms. The van der Waals surface area contributed by atoms with E-state index in [1.165, 1.54) is 0 Å². The third-order valence-electron chi connectivity index (χ3n) is 0.961. The number of nitrogens with zero attached hydrogens (tertiary/aromatic N) is 4. The lowest BCUT2D eigenvalue weighted by Gasteiger charge is -1.70. The first-order chi connectivity index (χ1) is 7.00. The molecule has 2 rings (SSSR count). The van der Waals surface area contributed by atoms with Crippen molar-refractivity contribution in [3.8, 4) is 0 Å². The molecule has 0 fully saturated rings. The van der Waals surface area contributed by atoms with Gasteiger partial charge >= 0.3 is 0 Å². The van der Waals surface area contributed by atoms with Gasteiger partial charge < -0.3 is 0 Å². The van der Waals surface area contributed by atoms with Gasteiger partial charge in [-0.05, 0) is 12.1 Å². The highest BCUT2D eigenvalue weighted by atomic mass is 15.1. The number of hydrogen-bond acceptors (Lipinski definition) is 4. The Morgan fingerprint density at radius 1 is 0.571 bits per heavy atom. The minimum atomic E-state index is 1.64. The van der Waals surface area contributed by atoms with Crippen molar-refractivity contribution in [3.63, 3.8) is 0 Å². The van der Waals surface area contributed by atoms with E-state index in [2.05, 4.69) is 20.2 Å². The van der Waals surface area contributed by atoms with Crippen LogP contribution < -0.4 is 0 Å². The van der Waals surface area contributed by atoms with Gasteiger partial charge in [-0.25, -0.2) is 0 Å². The second-order valence-electron chi connectivity index (χ2n) is 1.81. The molecule has 74 valence electrons. The minimum absolute atomic E-state index is 1.64. The third kappa shape index (κ3) is 8.26. The van der Waals surface area contributed by atoms with Crippen LogP contribution in [0.5, 0.6) is 0 Å².